The van der Waals surface area contributed by atoms with Gasteiger partial charge in [-0.2, -0.15) is 0 Å². The number of aromatic hydroxyl groups is 1. The SMILES string of the molecule is Cc1cc(NCc2cc(Cl)ccc2O)ccc1[N+](=O)[O-]. The fourth-order valence-corrected chi connectivity index (χ4v) is 2.06. The molecule has 2 aromatic rings. The van der Waals surface area contributed by atoms with E-state index in [1.54, 1.807) is 31.2 Å². The number of nitro groups is 1. The first-order chi connectivity index (χ1) is 9.47. The molecule has 104 valence electrons. The Balaban J connectivity index is 2.13. The average Bonchev–Trinajstić information content (AvgIpc) is 2.39. The predicted molar refractivity (Wildman–Crippen MR) is 78.3 cm³/mol. The van der Waals surface area contributed by atoms with Gasteiger partial charge in [-0.3, -0.25) is 10.1 Å². The summed E-state index contributed by atoms with van der Waals surface area (Å²) in [7, 11) is 0. The number of aryl methyl sites for hydroxylation is 1. The van der Waals surface area contributed by atoms with Crippen LogP contribution in [0.1, 0.15) is 11.1 Å². The Morgan fingerprint density at radius 2 is 2.05 bits per heavy atom. The molecule has 0 radical (unpaired) electrons. The van der Waals surface area contributed by atoms with Gasteiger partial charge in [-0.15, -0.1) is 0 Å². The second-order valence-corrected chi connectivity index (χ2v) is 4.82. The van der Waals surface area contributed by atoms with Crippen molar-refractivity contribution in [2.24, 2.45) is 0 Å². The van der Waals surface area contributed by atoms with E-state index in [1.165, 1.54) is 12.1 Å². The molecule has 0 aromatic heterocycles. The van der Waals surface area contributed by atoms with Crippen LogP contribution in [0, 0.1) is 17.0 Å². The van der Waals surface area contributed by atoms with Crippen LogP contribution < -0.4 is 5.32 Å². The van der Waals surface area contributed by atoms with E-state index in [0.717, 1.165) is 5.69 Å². The molecule has 0 amide bonds. The van der Waals surface area contributed by atoms with Gasteiger partial charge in [0, 0.05) is 34.4 Å². The van der Waals surface area contributed by atoms with Crippen molar-refractivity contribution in [3.63, 3.8) is 0 Å². The molecule has 2 N–H and O–H groups in total. The van der Waals surface area contributed by atoms with E-state index in [-0.39, 0.29) is 11.4 Å². The smallest absolute Gasteiger partial charge is 0.272 e. The maximum atomic E-state index is 10.7. The third kappa shape index (κ3) is 3.19. The number of halogens is 1. The maximum Gasteiger partial charge on any atom is 0.272 e. The summed E-state index contributed by atoms with van der Waals surface area (Å²) >= 11 is 5.87. The monoisotopic (exact) mass is 292 g/mol. The Hall–Kier alpha value is -2.27. The number of nitrogens with one attached hydrogen (secondary N) is 1. The van der Waals surface area contributed by atoms with E-state index >= 15 is 0 Å². The number of anilines is 1. The van der Waals surface area contributed by atoms with Crippen LogP contribution >= 0.6 is 11.6 Å². The van der Waals surface area contributed by atoms with Crippen molar-refractivity contribution in [1.82, 2.24) is 0 Å². The van der Waals surface area contributed by atoms with Crippen LogP contribution in [-0.2, 0) is 6.54 Å². The largest absolute Gasteiger partial charge is 0.508 e. The van der Waals surface area contributed by atoms with Crippen LogP contribution in [0.25, 0.3) is 0 Å². The van der Waals surface area contributed by atoms with Crippen LogP contribution in [0.2, 0.25) is 5.02 Å². The average molecular weight is 293 g/mol. The molecule has 0 bridgehead atoms. The summed E-state index contributed by atoms with van der Waals surface area (Å²) in [4.78, 5) is 10.3. The Kier molecular flexibility index (Phi) is 4.10. The summed E-state index contributed by atoms with van der Waals surface area (Å²) in [6.45, 7) is 2.06. The highest BCUT2D eigenvalue weighted by Gasteiger charge is 2.10. The molecule has 0 spiro atoms. The molecule has 0 fully saturated rings. The summed E-state index contributed by atoms with van der Waals surface area (Å²) in [6, 6.07) is 9.58. The molecular weight excluding hydrogens is 280 g/mol. The molecule has 0 atom stereocenters. The van der Waals surface area contributed by atoms with Gasteiger partial charge in [-0.05, 0) is 37.3 Å². The van der Waals surface area contributed by atoms with Gasteiger partial charge in [0.1, 0.15) is 5.75 Å². The molecule has 6 heteroatoms. The molecule has 0 unspecified atom stereocenters. The van der Waals surface area contributed by atoms with Crippen molar-refractivity contribution >= 4 is 23.0 Å². The van der Waals surface area contributed by atoms with Gasteiger partial charge in [-0.1, -0.05) is 11.6 Å². The van der Waals surface area contributed by atoms with Crippen LogP contribution in [0.15, 0.2) is 36.4 Å². The van der Waals surface area contributed by atoms with Gasteiger partial charge in [0.05, 0.1) is 4.92 Å². The number of hydrogen-bond donors (Lipinski definition) is 2. The number of nitro benzene ring substituents is 1. The molecule has 0 saturated carbocycles. The lowest BCUT2D eigenvalue weighted by molar-refractivity contribution is -0.385. The minimum Gasteiger partial charge on any atom is -0.508 e. The van der Waals surface area contributed by atoms with Crippen molar-refractivity contribution in [2.45, 2.75) is 13.5 Å². The number of rotatable bonds is 4. The van der Waals surface area contributed by atoms with E-state index in [9.17, 15) is 15.2 Å². The topological polar surface area (TPSA) is 75.4 Å². The van der Waals surface area contributed by atoms with Crippen molar-refractivity contribution in [2.75, 3.05) is 5.32 Å². The first-order valence-electron chi connectivity index (χ1n) is 5.93. The van der Waals surface area contributed by atoms with Gasteiger partial charge < -0.3 is 10.4 Å². The molecule has 2 aromatic carbocycles. The fraction of sp³-hybridized carbons (Fsp3) is 0.143. The predicted octanol–water partition coefficient (Wildman–Crippen LogP) is 3.87. The van der Waals surface area contributed by atoms with E-state index < -0.39 is 4.92 Å². The van der Waals surface area contributed by atoms with Gasteiger partial charge in [0.15, 0.2) is 0 Å². The molecule has 0 aliphatic heterocycles. The number of nitrogens with zero attached hydrogens (tertiary/aromatic N) is 1. The van der Waals surface area contributed by atoms with Gasteiger partial charge in [0.2, 0.25) is 0 Å². The molecule has 0 saturated heterocycles. The number of phenolic OH excluding ortho intramolecular Hbond substituents is 1. The van der Waals surface area contributed by atoms with E-state index in [4.69, 9.17) is 11.6 Å². The quantitative estimate of drug-likeness (QED) is 0.662. The Labute approximate surface area is 121 Å². The van der Waals surface area contributed by atoms with E-state index in [0.29, 0.717) is 22.7 Å². The van der Waals surface area contributed by atoms with Gasteiger partial charge in [0.25, 0.3) is 5.69 Å². The third-order valence-electron chi connectivity index (χ3n) is 2.92. The fourth-order valence-electron chi connectivity index (χ4n) is 1.86. The van der Waals surface area contributed by atoms with E-state index in [1.807, 2.05) is 0 Å². The maximum absolute atomic E-state index is 10.7. The molecule has 0 aliphatic carbocycles. The summed E-state index contributed by atoms with van der Waals surface area (Å²) in [5.41, 5.74) is 2.07. The molecule has 0 heterocycles. The standard InChI is InChI=1S/C14H13ClN2O3/c1-9-6-12(3-4-13(9)17(19)20)16-8-10-7-11(15)2-5-14(10)18/h2-7,16,18H,8H2,1H3. The van der Waals surface area contributed by atoms with Crippen molar-refractivity contribution in [1.29, 1.82) is 0 Å². The Bertz CT molecular complexity index is 659. The van der Waals surface area contributed by atoms with Crippen LogP contribution in [0.4, 0.5) is 11.4 Å². The van der Waals surface area contributed by atoms with Gasteiger partial charge in [-0.25, -0.2) is 0 Å². The van der Waals surface area contributed by atoms with Crippen LogP contribution in [0.3, 0.4) is 0 Å². The lowest BCUT2D eigenvalue weighted by atomic mass is 10.1. The van der Waals surface area contributed by atoms with Crippen LogP contribution in [-0.4, -0.2) is 10.0 Å². The lowest BCUT2D eigenvalue weighted by Crippen LogP contribution is -2.01. The highest BCUT2D eigenvalue weighted by Crippen LogP contribution is 2.25. The van der Waals surface area contributed by atoms with Crippen molar-refractivity contribution in [3.05, 3.63) is 62.7 Å². The Morgan fingerprint density at radius 3 is 2.70 bits per heavy atom. The summed E-state index contributed by atoms with van der Waals surface area (Å²) in [5, 5.41) is 24.1. The molecule has 20 heavy (non-hydrogen) atoms. The zero-order valence-electron chi connectivity index (χ0n) is 10.8. The summed E-state index contributed by atoms with van der Waals surface area (Å²) in [6.07, 6.45) is 0. The first-order valence-corrected chi connectivity index (χ1v) is 6.31. The number of phenols is 1. The van der Waals surface area contributed by atoms with Gasteiger partial charge >= 0.3 is 0 Å². The highest BCUT2D eigenvalue weighted by molar-refractivity contribution is 6.30. The third-order valence-corrected chi connectivity index (χ3v) is 3.15. The highest BCUT2D eigenvalue weighted by atomic mass is 35.5. The summed E-state index contributed by atoms with van der Waals surface area (Å²) in [5.74, 6) is 0.153. The first kappa shape index (κ1) is 14.1. The molecular formula is C14H13ClN2O3. The molecule has 2 rings (SSSR count). The number of benzene rings is 2. The minimum absolute atomic E-state index is 0.0844. The zero-order valence-corrected chi connectivity index (χ0v) is 11.5. The molecule has 0 aliphatic rings. The normalized spacial score (nSPS) is 10.3. The van der Waals surface area contributed by atoms with E-state index in [2.05, 4.69) is 5.32 Å². The summed E-state index contributed by atoms with van der Waals surface area (Å²) < 4.78 is 0. The van der Waals surface area contributed by atoms with Crippen LogP contribution in [0.5, 0.6) is 5.75 Å². The number of hydrogen-bond acceptors (Lipinski definition) is 4. The zero-order chi connectivity index (χ0) is 14.7. The molecule has 5 nitrogen and oxygen atoms in total. The van der Waals surface area contributed by atoms with Crippen molar-refractivity contribution < 1.29 is 10.0 Å². The minimum atomic E-state index is -0.415. The second kappa shape index (κ2) is 5.79. The van der Waals surface area contributed by atoms with Crippen molar-refractivity contribution in [3.8, 4) is 5.75 Å². The second-order valence-electron chi connectivity index (χ2n) is 4.38. The lowest BCUT2D eigenvalue weighted by Gasteiger charge is -2.09. The Morgan fingerprint density at radius 1 is 1.30 bits per heavy atom.